The molecular formula is C17H24N4O3S. The minimum atomic E-state index is -0.315. The van der Waals surface area contributed by atoms with Crippen LogP contribution in [0.5, 0.6) is 0 Å². The summed E-state index contributed by atoms with van der Waals surface area (Å²) in [5.41, 5.74) is 6.95. The molecule has 8 heteroatoms. The van der Waals surface area contributed by atoms with Gasteiger partial charge in [-0.25, -0.2) is 4.79 Å². The van der Waals surface area contributed by atoms with Crippen molar-refractivity contribution < 1.29 is 14.3 Å². The number of thioether (sulfide) groups is 1. The van der Waals surface area contributed by atoms with Gasteiger partial charge in [0.25, 0.3) is 0 Å². The quantitative estimate of drug-likeness (QED) is 0.783. The molecule has 0 spiro atoms. The molecule has 0 unspecified atom stereocenters. The molecule has 1 aromatic rings. The number of rotatable bonds is 5. The van der Waals surface area contributed by atoms with Crippen LogP contribution < -0.4 is 5.43 Å². The van der Waals surface area contributed by atoms with E-state index < -0.39 is 0 Å². The number of esters is 1. The van der Waals surface area contributed by atoms with Crippen LogP contribution in [0.1, 0.15) is 47.1 Å². The number of carbonyl (C=O) groups is 1. The topological polar surface area (TPSA) is 88.1 Å². The summed E-state index contributed by atoms with van der Waals surface area (Å²) < 4.78 is 10.8. The number of aryl methyl sites for hydroxylation is 2. The molecule has 1 saturated heterocycles. The number of nitrogens with zero attached hydrogens (tertiary/aromatic N) is 2. The highest BCUT2D eigenvalue weighted by Gasteiger charge is 2.26. The number of aliphatic imine (C=N–C) groups is 1. The molecule has 1 aromatic heterocycles. The summed E-state index contributed by atoms with van der Waals surface area (Å²) in [4.78, 5) is 20.1. The van der Waals surface area contributed by atoms with Gasteiger partial charge in [0.15, 0.2) is 5.17 Å². The summed E-state index contributed by atoms with van der Waals surface area (Å²) in [6.07, 6.45) is 2.41. The van der Waals surface area contributed by atoms with E-state index in [4.69, 9.17) is 9.47 Å². The highest BCUT2D eigenvalue weighted by atomic mass is 32.2. The lowest BCUT2D eigenvalue weighted by Gasteiger charge is -2.16. The Morgan fingerprint density at radius 3 is 2.92 bits per heavy atom. The van der Waals surface area contributed by atoms with Gasteiger partial charge < -0.3 is 14.5 Å². The van der Waals surface area contributed by atoms with Crippen LogP contribution in [0, 0.1) is 13.8 Å². The van der Waals surface area contributed by atoms with Gasteiger partial charge in [0, 0.05) is 29.3 Å². The molecule has 136 valence electrons. The number of H-pyrrole nitrogens is 1. The van der Waals surface area contributed by atoms with Crippen molar-refractivity contribution in [2.75, 3.05) is 25.5 Å². The summed E-state index contributed by atoms with van der Waals surface area (Å²) in [5, 5.41) is 5.24. The molecule has 25 heavy (non-hydrogen) atoms. The summed E-state index contributed by atoms with van der Waals surface area (Å²) >= 11 is 1.59. The minimum Gasteiger partial charge on any atom is -0.462 e. The largest absolute Gasteiger partial charge is 0.462 e. The normalized spacial score (nSPS) is 22.0. The molecule has 0 aromatic carbocycles. The van der Waals surface area contributed by atoms with Gasteiger partial charge in [-0.05, 0) is 33.6 Å². The Balaban J connectivity index is 1.75. The van der Waals surface area contributed by atoms with Crippen LogP contribution in [0.3, 0.4) is 0 Å². The van der Waals surface area contributed by atoms with E-state index in [0.717, 1.165) is 47.3 Å². The fourth-order valence-electron chi connectivity index (χ4n) is 3.10. The second kappa shape index (κ2) is 8.05. The first kappa shape index (κ1) is 18.0. The third kappa shape index (κ3) is 4.07. The molecule has 0 amide bonds. The van der Waals surface area contributed by atoms with Crippen molar-refractivity contribution in [3.8, 4) is 0 Å². The fraction of sp³-hybridized carbons (Fsp3) is 0.588. The lowest BCUT2D eigenvalue weighted by atomic mass is 10.1. The first-order chi connectivity index (χ1) is 12.1. The zero-order valence-electron chi connectivity index (χ0n) is 14.8. The number of hydrogen-bond acceptors (Lipinski definition) is 6. The maximum atomic E-state index is 12.3. The molecule has 2 aliphatic heterocycles. The molecule has 0 radical (unpaired) electrons. The van der Waals surface area contributed by atoms with Gasteiger partial charge in [-0.3, -0.25) is 10.4 Å². The van der Waals surface area contributed by atoms with Gasteiger partial charge in [-0.2, -0.15) is 5.10 Å². The summed E-state index contributed by atoms with van der Waals surface area (Å²) in [5.74, 6) is 0.340. The Labute approximate surface area is 151 Å². The maximum absolute atomic E-state index is 12.3. The molecule has 2 N–H and O–H groups in total. The molecule has 2 aliphatic rings. The zero-order chi connectivity index (χ0) is 17.8. The van der Waals surface area contributed by atoms with Crippen LogP contribution in [0.2, 0.25) is 0 Å². The van der Waals surface area contributed by atoms with Crippen LogP contribution in [0.25, 0.3) is 0 Å². The van der Waals surface area contributed by atoms with E-state index in [1.54, 1.807) is 18.7 Å². The second-order valence-electron chi connectivity index (χ2n) is 6.09. The molecule has 1 atom stereocenters. The van der Waals surface area contributed by atoms with E-state index in [9.17, 15) is 4.79 Å². The van der Waals surface area contributed by atoms with E-state index in [0.29, 0.717) is 24.5 Å². The number of aromatic amines is 1. The molecule has 0 bridgehead atoms. The summed E-state index contributed by atoms with van der Waals surface area (Å²) in [7, 11) is 0. The highest BCUT2D eigenvalue weighted by Crippen LogP contribution is 2.24. The molecule has 3 rings (SSSR count). The van der Waals surface area contributed by atoms with Gasteiger partial charge in [0.1, 0.15) is 0 Å². The van der Waals surface area contributed by atoms with Crippen molar-refractivity contribution in [1.29, 1.82) is 0 Å². The number of ether oxygens (including phenoxy) is 2. The van der Waals surface area contributed by atoms with Gasteiger partial charge in [-0.15, -0.1) is 0 Å². The summed E-state index contributed by atoms with van der Waals surface area (Å²) in [6, 6.07) is 0. The van der Waals surface area contributed by atoms with Crippen LogP contribution in [0.4, 0.5) is 0 Å². The van der Waals surface area contributed by atoms with Crippen molar-refractivity contribution in [2.24, 2.45) is 10.1 Å². The van der Waals surface area contributed by atoms with Crippen molar-refractivity contribution in [2.45, 2.75) is 39.7 Å². The zero-order valence-corrected chi connectivity index (χ0v) is 15.7. The average molecular weight is 364 g/mol. The van der Waals surface area contributed by atoms with Crippen molar-refractivity contribution in [3.05, 3.63) is 22.5 Å². The van der Waals surface area contributed by atoms with E-state index in [1.165, 1.54) is 0 Å². The van der Waals surface area contributed by atoms with Gasteiger partial charge in [-0.1, -0.05) is 11.8 Å². The first-order valence-corrected chi connectivity index (χ1v) is 9.56. The second-order valence-corrected chi connectivity index (χ2v) is 7.05. The summed E-state index contributed by atoms with van der Waals surface area (Å²) in [6.45, 7) is 7.47. The van der Waals surface area contributed by atoms with Crippen LogP contribution in [0.15, 0.2) is 10.1 Å². The average Bonchev–Trinajstić information content (AvgIpc) is 3.21. The number of aromatic nitrogens is 1. The molecule has 7 nitrogen and oxygen atoms in total. The van der Waals surface area contributed by atoms with Crippen molar-refractivity contribution in [3.63, 3.8) is 0 Å². The number of hydrazone groups is 1. The number of nitrogens with one attached hydrogen (secondary N) is 2. The third-order valence-electron chi connectivity index (χ3n) is 4.24. The van der Waals surface area contributed by atoms with Crippen LogP contribution >= 0.6 is 11.8 Å². The smallest absolute Gasteiger partial charge is 0.340 e. The fourth-order valence-corrected chi connectivity index (χ4v) is 3.86. The third-order valence-corrected chi connectivity index (χ3v) is 5.15. The van der Waals surface area contributed by atoms with E-state index >= 15 is 0 Å². The minimum absolute atomic E-state index is 0.227. The molecule has 0 aliphatic carbocycles. The SMILES string of the molecule is CCOC(=O)c1c(C)[nH]c(C)c1C1=NNC(=NC[C@@H]2CCCO2)SC1. The Hall–Kier alpha value is -1.80. The molecule has 3 heterocycles. The van der Waals surface area contributed by atoms with E-state index in [1.807, 2.05) is 13.8 Å². The predicted octanol–water partition coefficient (Wildman–Crippen LogP) is 2.38. The van der Waals surface area contributed by atoms with Gasteiger partial charge in [0.05, 0.1) is 30.5 Å². The number of hydrogen-bond donors (Lipinski definition) is 2. The monoisotopic (exact) mass is 364 g/mol. The van der Waals surface area contributed by atoms with Crippen LogP contribution in [-0.2, 0) is 9.47 Å². The Morgan fingerprint density at radius 1 is 1.44 bits per heavy atom. The van der Waals surface area contributed by atoms with Crippen LogP contribution in [-0.4, -0.2) is 53.4 Å². The lowest BCUT2D eigenvalue weighted by molar-refractivity contribution is 0.0525. The predicted molar refractivity (Wildman–Crippen MR) is 99.6 cm³/mol. The van der Waals surface area contributed by atoms with E-state index in [2.05, 4.69) is 20.5 Å². The van der Waals surface area contributed by atoms with Gasteiger partial charge in [0.2, 0.25) is 0 Å². The molecule has 0 saturated carbocycles. The standard InChI is InChI=1S/C17H24N4O3S/c1-4-23-16(22)15-11(3)19-10(2)14(15)13-9-25-17(21-20-13)18-8-12-6-5-7-24-12/h12,19H,4-9H2,1-3H3,(H,18,21)/t12-/m0/s1. The van der Waals surface area contributed by atoms with Crippen molar-refractivity contribution >= 4 is 28.6 Å². The van der Waals surface area contributed by atoms with E-state index in [-0.39, 0.29) is 12.1 Å². The molecule has 1 fully saturated rings. The first-order valence-electron chi connectivity index (χ1n) is 8.58. The Morgan fingerprint density at radius 2 is 2.28 bits per heavy atom. The van der Waals surface area contributed by atoms with Crippen molar-refractivity contribution in [1.82, 2.24) is 10.4 Å². The maximum Gasteiger partial charge on any atom is 0.340 e. The lowest BCUT2D eigenvalue weighted by Crippen LogP contribution is -2.27. The number of carbonyl (C=O) groups excluding carboxylic acids is 1. The highest BCUT2D eigenvalue weighted by molar-refractivity contribution is 8.14. The Bertz CT molecular complexity index is 705. The molecular weight excluding hydrogens is 340 g/mol. The number of amidine groups is 1. The van der Waals surface area contributed by atoms with Gasteiger partial charge >= 0.3 is 5.97 Å². The Kier molecular flexibility index (Phi) is 5.80.